The molecule has 126 valence electrons. The van der Waals surface area contributed by atoms with Crippen LogP contribution in [0, 0.1) is 5.82 Å². The molecule has 1 aromatic carbocycles. The summed E-state index contributed by atoms with van der Waals surface area (Å²) >= 11 is 0. The molecule has 1 fully saturated rings. The number of ether oxygens (including phenoxy) is 1. The van der Waals surface area contributed by atoms with Crippen LogP contribution in [0.3, 0.4) is 0 Å². The van der Waals surface area contributed by atoms with Crippen molar-refractivity contribution in [2.75, 3.05) is 13.7 Å². The van der Waals surface area contributed by atoms with Crippen LogP contribution in [-0.4, -0.2) is 34.4 Å². The Labute approximate surface area is 139 Å². The normalized spacial score (nSPS) is 20.9. The van der Waals surface area contributed by atoms with Crippen LogP contribution in [-0.2, 0) is 16.9 Å². The van der Waals surface area contributed by atoms with E-state index in [-0.39, 0.29) is 12.3 Å². The Morgan fingerprint density at radius 2 is 2.29 bits per heavy atom. The maximum atomic E-state index is 14.5. The van der Waals surface area contributed by atoms with Crippen LogP contribution in [0.2, 0.25) is 0 Å². The molecule has 1 atom stereocenters. The number of likely N-dealkylation sites (tertiary alicyclic amines) is 1. The number of hydrogen-bond donors (Lipinski definition) is 1. The molecule has 1 aliphatic rings. The monoisotopic (exact) mass is 330 g/mol. The minimum absolute atomic E-state index is 0.177. The van der Waals surface area contributed by atoms with Crippen LogP contribution < -0.4 is 10.5 Å². The van der Waals surface area contributed by atoms with Crippen molar-refractivity contribution < 1.29 is 13.9 Å². The van der Waals surface area contributed by atoms with Crippen molar-refractivity contribution in [3.05, 3.63) is 53.9 Å². The van der Waals surface area contributed by atoms with Gasteiger partial charge < -0.3 is 10.5 Å². The molecule has 1 aromatic heterocycles. The number of carbonyl (C=O) groups excluding carboxylic acids is 1. The summed E-state index contributed by atoms with van der Waals surface area (Å²) in [6.45, 7) is 0.860. The summed E-state index contributed by atoms with van der Waals surface area (Å²) in [5, 5.41) is 0. The van der Waals surface area contributed by atoms with Gasteiger partial charge >= 0.3 is 0 Å². The predicted molar refractivity (Wildman–Crippen MR) is 85.5 cm³/mol. The predicted octanol–water partition coefficient (Wildman–Crippen LogP) is 1.60. The lowest BCUT2D eigenvalue weighted by Crippen LogP contribution is -2.51. The molecule has 7 heteroatoms. The Hall–Kier alpha value is -2.54. The molecule has 0 spiro atoms. The van der Waals surface area contributed by atoms with Gasteiger partial charge in [0.2, 0.25) is 5.91 Å². The molecule has 2 N–H and O–H groups in total. The lowest BCUT2D eigenvalue weighted by Gasteiger charge is -2.35. The molecule has 0 saturated carbocycles. The van der Waals surface area contributed by atoms with E-state index in [2.05, 4.69) is 9.97 Å². The van der Waals surface area contributed by atoms with Gasteiger partial charge in [-0.25, -0.2) is 4.39 Å². The lowest BCUT2D eigenvalue weighted by molar-refractivity contribution is -0.129. The van der Waals surface area contributed by atoms with Gasteiger partial charge in [-0.15, -0.1) is 0 Å². The first-order chi connectivity index (χ1) is 11.6. The minimum Gasteiger partial charge on any atom is -0.494 e. The average molecular weight is 330 g/mol. The maximum Gasteiger partial charge on any atom is 0.244 e. The molecule has 2 heterocycles. The maximum absolute atomic E-state index is 14.5. The number of amides is 1. The lowest BCUT2D eigenvalue weighted by atomic mass is 9.90. The highest BCUT2D eigenvalue weighted by molar-refractivity contribution is 5.86. The highest BCUT2D eigenvalue weighted by Crippen LogP contribution is 2.39. The second-order valence-electron chi connectivity index (χ2n) is 5.77. The van der Waals surface area contributed by atoms with Crippen LogP contribution in [0.15, 0.2) is 36.8 Å². The Kier molecular flexibility index (Phi) is 4.44. The number of benzene rings is 1. The Morgan fingerprint density at radius 3 is 2.96 bits per heavy atom. The Morgan fingerprint density at radius 1 is 1.46 bits per heavy atom. The second kappa shape index (κ2) is 6.52. The molecule has 24 heavy (non-hydrogen) atoms. The molecular formula is C17H19FN4O2. The van der Waals surface area contributed by atoms with Gasteiger partial charge in [-0.2, -0.15) is 0 Å². The minimum atomic E-state index is -1.07. The van der Waals surface area contributed by atoms with Crippen LogP contribution in [0.5, 0.6) is 5.75 Å². The third-order valence-electron chi connectivity index (χ3n) is 4.53. The summed E-state index contributed by atoms with van der Waals surface area (Å²) in [5.74, 6) is -0.746. The Balaban J connectivity index is 1.99. The van der Waals surface area contributed by atoms with Gasteiger partial charge in [-0.05, 0) is 25.5 Å². The molecule has 0 unspecified atom stereocenters. The second-order valence-corrected chi connectivity index (χ2v) is 5.77. The summed E-state index contributed by atoms with van der Waals surface area (Å²) in [4.78, 5) is 22.5. The zero-order valence-electron chi connectivity index (χ0n) is 13.4. The van der Waals surface area contributed by atoms with E-state index in [0.717, 1.165) is 6.42 Å². The summed E-state index contributed by atoms with van der Waals surface area (Å²) in [7, 11) is 1.42. The van der Waals surface area contributed by atoms with Gasteiger partial charge in [0.05, 0.1) is 19.0 Å². The summed E-state index contributed by atoms with van der Waals surface area (Å²) in [5.41, 5.74) is 5.62. The zero-order valence-corrected chi connectivity index (χ0v) is 13.4. The third-order valence-corrected chi connectivity index (χ3v) is 4.53. The van der Waals surface area contributed by atoms with Crippen molar-refractivity contribution >= 4 is 5.91 Å². The molecular weight excluding hydrogens is 311 g/mol. The van der Waals surface area contributed by atoms with Crippen molar-refractivity contribution in [3.8, 4) is 5.75 Å². The molecule has 2 aromatic rings. The van der Waals surface area contributed by atoms with E-state index in [1.165, 1.54) is 13.3 Å². The van der Waals surface area contributed by atoms with E-state index in [0.29, 0.717) is 24.2 Å². The number of rotatable bonds is 5. The molecule has 1 aliphatic heterocycles. The first-order valence-corrected chi connectivity index (χ1v) is 7.72. The smallest absolute Gasteiger partial charge is 0.244 e. The fourth-order valence-corrected chi connectivity index (χ4v) is 3.34. The van der Waals surface area contributed by atoms with Crippen molar-refractivity contribution in [2.24, 2.45) is 5.73 Å². The number of halogens is 1. The zero-order chi connectivity index (χ0) is 17.2. The molecule has 1 amide bonds. The fourth-order valence-electron chi connectivity index (χ4n) is 3.34. The van der Waals surface area contributed by atoms with Crippen LogP contribution in [0.1, 0.15) is 24.1 Å². The highest BCUT2D eigenvalue weighted by atomic mass is 19.1. The summed E-state index contributed by atoms with van der Waals surface area (Å²) in [6.07, 6.45) is 5.92. The van der Waals surface area contributed by atoms with Gasteiger partial charge in [0.15, 0.2) is 11.6 Å². The molecule has 0 aliphatic carbocycles. The van der Waals surface area contributed by atoms with Crippen LogP contribution >= 0.6 is 0 Å². The van der Waals surface area contributed by atoms with E-state index in [1.54, 1.807) is 30.6 Å². The highest BCUT2D eigenvalue weighted by Gasteiger charge is 2.49. The molecule has 6 nitrogen and oxygen atoms in total. The SMILES string of the molecule is COc1cccc(CN2CCC[C@@]2(C(N)=O)c2cnccn2)c1F. The van der Waals surface area contributed by atoms with E-state index < -0.39 is 17.3 Å². The van der Waals surface area contributed by atoms with E-state index >= 15 is 0 Å². The van der Waals surface area contributed by atoms with Crippen LogP contribution in [0.4, 0.5) is 4.39 Å². The average Bonchev–Trinajstić information content (AvgIpc) is 3.02. The van der Waals surface area contributed by atoms with E-state index in [9.17, 15) is 9.18 Å². The number of aromatic nitrogens is 2. The number of primary amides is 1. The molecule has 0 radical (unpaired) electrons. The van der Waals surface area contributed by atoms with Gasteiger partial charge in [0, 0.05) is 24.5 Å². The van der Waals surface area contributed by atoms with Gasteiger partial charge in [-0.1, -0.05) is 12.1 Å². The molecule has 3 rings (SSSR count). The number of carbonyl (C=O) groups is 1. The third kappa shape index (κ3) is 2.60. The summed E-state index contributed by atoms with van der Waals surface area (Å²) < 4.78 is 19.5. The molecule has 1 saturated heterocycles. The standard InChI is InChI=1S/C17H19FN4O2/c1-24-13-5-2-4-12(15(13)18)11-22-9-3-6-17(22,16(19)23)14-10-20-7-8-21-14/h2,4-5,7-8,10H,3,6,9,11H2,1H3,(H2,19,23)/t17-/m0/s1. The number of nitrogens with zero attached hydrogens (tertiary/aromatic N) is 3. The van der Waals surface area contributed by atoms with Crippen molar-refractivity contribution in [3.63, 3.8) is 0 Å². The number of methoxy groups -OCH3 is 1. The van der Waals surface area contributed by atoms with Gasteiger partial charge in [0.25, 0.3) is 0 Å². The largest absolute Gasteiger partial charge is 0.494 e. The van der Waals surface area contributed by atoms with Crippen molar-refractivity contribution in [1.82, 2.24) is 14.9 Å². The van der Waals surface area contributed by atoms with E-state index in [1.807, 2.05) is 4.90 Å². The molecule has 0 bridgehead atoms. The first-order valence-electron chi connectivity index (χ1n) is 7.72. The summed E-state index contributed by atoms with van der Waals surface area (Å²) in [6, 6.07) is 4.97. The van der Waals surface area contributed by atoms with Crippen molar-refractivity contribution in [2.45, 2.75) is 24.9 Å². The van der Waals surface area contributed by atoms with Gasteiger partial charge in [-0.3, -0.25) is 19.7 Å². The van der Waals surface area contributed by atoms with E-state index in [4.69, 9.17) is 10.5 Å². The van der Waals surface area contributed by atoms with Crippen molar-refractivity contribution in [1.29, 1.82) is 0 Å². The van der Waals surface area contributed by atoms with Crippen LogP contribution in [0.25, 0.3) is 0 Å². The van der Waals surface area contributed by atoms with Gasteiger partial charge in [0.1, 0.15) is 5.54 Å². The number of hydrogen-bond acceptors (Lipinski definition) is 5. The quantitative estimate of drug-likeness (QED) is 0.900. The fraction of sp³-hybridized carbons (Fsp3) is 0.353. The Bertz CT molecular complexity index is 741. The number of nitrogens with two attached hydrogens (primary N) is 1. The first kappa shape index (κ1) is 16.3. The topological polar surface area (TPSA) is 81.3 Å².